The molecule has 20 heavy (non-hydrogen) atoms. The molecule has 1 N–H and O–H groups in total. The van der Waals surface area contributed by atoms with Gasteiger partial charge in [-0.1, -0.05) is 31.9 Å². The number of nitrogens with one attached hydrogen (secondary N) is 1. The number of H-pyrrole nitrogens is 1. The number of hydrogen-bond donors (Lipinski definition) is 1. The molecule has 0 spiro atoms. The molecule has 0 saturated heterocycles. The fourth-order valence-corrected chi connectivity index (χ4v) is 4.15. The van der Waals surface area contributed by atoms with Crippen LogP contribution in [0.5, 0.6) is 0 Å². The van der Waals surface area contributed by atoms with E-state index in [0.29, 0.717) is 5.92 Å². The normalized spacial score (nSPS) is 28.9. The summed E-state index contributed by atoms with van der Waals surface area (Å²) in [5, 5.41) is 0. The zero-order valence-electron chi connectivity index (χ0n) is 12.7. The van der Waals surface area contributed by atoms with Crippen LogP contribution in [0.15, 0.2) is 24.7 Å². The van der Waals surface area contributed by atoms with Crippen LogP contribution in [0.3, 0.4) is 0 Å². The Morgan fingerprint density at radius 1 is 1.30 bits per heavy atom. The molecule has 2 nitrogen and oxygen atoms in total. The van der Waals surface area contributed by atoms with Crippen LogP contribution in [0.1, 0.15) is 57.6 Å². The van der Waals surface area contributed by atoms with E-state index >= 15 is 0 Å². The van der Waals surface area contributed by atoms with Crippen LogP contribution >= 0.6 is 0 Å². The van der Waals surface area contributed by atoms with Crippen molar-refractivity contribution in [1.82, 2.24) is 9.97 Å². The minimum absolute atomic E-state index is 0.710. The Hall–Kier alpha value is -1.05. The van der Waals surface area contributed by atoms with E-state index in [9.17, 15) is 0 Å². The quantitative estimate of drug-likeness (QED) is 0.744. The summed E-state index contributed by atoms with van der Waals surface area (Å²) in [5.41, 5.74) is 1.30. The zero-order chi connectivity index (χ0) is 13.8. The molecule has 2 fully saturated rings. The third kappa shape index (κ3) is 3.34. The van der Waals surface area contributed by atoms with Crippen molar-refractivity contribution in [2.24, 2.45) is 23.7 Å². The third-order valence-corrected chi connectivity index (χ3v) is 5.28. The molecule has 110 valence electrons. The number of rotatable bonds is 6. The fraction of sp³-hybridized carbons (Fsp3) is 0.722. The molecule has 0 aliphatic heterocycles. The van der Waals surface area contributed by atoms with Gasteiger partial charge in [0, 0.05) is 11.9 Å². The van der Waals surface area contributed by atoms with Gasteiger partial charge in [0.05, 0.1) is 6.33 Å². The molecule has 2 saturated carbocycles. The lowest BCUT2D eigenvalue weighted by atomic mass is 9.69. The van der Waals surface area contributed by atoms with Crippen LogP contribution in [0.4, 0.5) is 0 Å². The third-order valence-electron chi connectivity index (χ3n) is 5.28. The number of aromatic amines is 1. The molecule has 2 aliphatic carbocycles. The average Bonchev–Trinajstić information content (AvgIpc) is 3.21. The van der Waals surface area contributed by atoms with E-state index in [1.165, 1.54) is 44.2 Å². The second kappa shape index (κ2) is 6.60. The van der Waals surface area contributed by atoms with Crippen molar-refractivity contribution in [3.63, 3.8) is 0 Å². The molecule has 1 heterocycles. The van der Waals surface area contributed by atoms with Crippen LogP contribution in [-0.4, -0.2) is 9.97 Å². The fourth-order valence-electron chi connectivity index (χ4n) is 4.15. The molecule has 3 atom stereocenters. The highest BCUT2D eigenvalue weighted by atomic mass is 14.9. The summed E-state index contributed by atoms with van der Waals surface area (Å²) < 4.78 is 0. The van der Waals surface area contributed by atoms with Crippen molar-refractivity contribution in [2.45, 2.75) is 58.3 Å². The molecule has 0 radical (unpaired) electrons. The maximum atomic E-state index is 4.19. The highest BCUT2D eigenvalue weighted by molar-refractivity contribution is 5.05. The van der Waals surface area contributed by atoms with Crippen LogP contribution < -0.4 is 0 Å². The summed E-state index contributed by atoms with van der Waals surface area (Å²) in [5.74, 6) is 3.67. The Kier molecular flexibility index (Phi) is 4.59. The first-order valence-corrected chi connectivity index (χ1v) is 8.52. The highest BCUT2D eigenvalue weighted by Gasteiger charge is 2.40. The van der Waals surface area contributed by atoms with Gasteiger partial charge >= 0.3 is 0 Å². The zero-order valence-corrected chi connectivity index (χ0v) is 12.7. The molecule has 0 amide bonds. The van der Waals surface area contributed by atoms with Gasteiger partial charge in [0.1, 0.15) is 0 Å². The predicted octanol–water partition coefficient (Wildman–Crippen LogP) is 4.75. The molecule has 1 aromatic rings. The first-order valence-electron chi connectivity index (χ1n) is 8.52. The molecule has 2 aliphatic rings. The molecule has 1 aromatic heterocycles. The van der Waals surface area contributed by atoms with Gasteiger partial charge in [-0.3, -0.25) is 0 Å². The number of aromatic nitrogens is 2. The van der Waals surface area contributed by atoms with Crippen molar-refractivity contribution < 1.29 is 0 Å². The van der Waals surface area contributed by atoms with Crippen molar-refractivity contribution in [1.29, 1.82) is 0 Å². The molecule has 0 unspecified atom stereocenters. The lowest BCUT2D eigenvalue weighted by molar-refractivity contribution is 0.163. The van der Waals surface area contributed by atoms with Gasteiger partial charge < -0.3 is 4.98 Å². The number of allylic oxidation sites excluding steroid dienone is 2. The topological polar surface area (TPSA) is 28.7 Å². The van der Waals surface area contributed by atoms with Gasteiger partial charge in [0.15, 0.2) is 0 Å². The van der Waals surface area contributed by atoms with Gasteiger partial charge in [-0.15, -0.1) is 0 Å². The Labute approximate surface area is 123 Å². The molecular weight excluding hydrogens is 244 g/mol. The summed E-state index contributed by atoms with van der Waals surface area (Å²) in [6, 6.07) is 0. The largest absolute Gasteiger partial charge is 0.348 e. The van der Waals surface area contributed by atoms with Crippen LogP contribution in [0.2, 0.25) is 0 Å². The van der Waals surface area contributed by atoms with Gasteiger partial charge in [-0.25, -0.2) is 4.98 Å². The van der Waals surface area contributed by atoms with E-state index in [-0.39, 0.29) is 0 Å². The average molecular weight is 272 g/mol. The standard InChI is InChI=1S/C18H28N2/c1-2-3-6-15(11-16-12-19-13-20-16)18-8-5-4-7-17(18)14-9-10-14/h3,6,12-15,17-18H,2,4-5,7-11H2,1H3,(H,19,20)/t15-,17+,18-/m1/s1. The minimum Gasteiger partial charge on any atom is -0.348 e. The number of nitrogens with zero attached hydrogens (tertiary/aromatic N) is 1. The van der Waals surface area contributed by atoms with Gasteiger partial charge in [0.25, 0.3) is 0 Å². The Balaban J connectivity index is 1.73. The minimum atomic E-state index is 0.710. The summed E-state index contributed by atoms with van der Waals surface area (Å²) in [7, 11) is 0. The maximum Gasteiger partial charge on any atom is 0.0921 e. The van der Waals surface area contributed by atoms with E-state index in [0.717, 1.165) is 30.6 Å². The van der Waals surface area contributed by atoms with Crippen molar-refractivity contribution in [3.05, 3.63) is 30.4 Å². The van der Waals surface area contributed by atoms with Crippen LogP contribution in [0.25, 0.3) is 0 Å². The van der Waals surface area contributed by atoms with Gasteiger partial charge in [-0.05, 0) is 62.2 Å². The van der Waals surface area contributed by atoms with Crippen molar-refractivity contribution in [2.75, 3.05) is 0 Å². The van der Waals surface area contributed by atoms with Crippen molar-refractivity contribution >= 4 is 0 Å². The summed E-state index contributed by atoms with van der Waals surface area (Å²) in [4.78, 5) is 7.49. The molecule has 0 bridgehead atoms. The lowest BCUT2D eigenvalue weighted by Crippen LogP contribution is -2.28. The van der Waals surface area contributed by atoms with E-state index in [4.69, 9.17) is 0 Å². The Bertz CT molecular complexity index is 417. The first kappa shape index (κ1) is 13.9. The van der Waals surface area contributed by atoms with Crippen LogP contribution in [0, 0.1) is 23.7 Å². The predicted molar refractivity (Wildman–Crippen MR) is 83.4 cm³/mol. The first-order chi connectivity index (χ1) is 9.88. The van der Waals surface area contributed by atoms with Crippen molar-refractivity contribution in [3.8, 4) is 0 Å². The van der Waals surface area contributed by atoms with E-state index in [1.54, 1.807) is 0 Å². The van der Waals surface area contributed by atoms with E-state index < -0.39 is 0 Å². The summed E-state index contributed by atoms with van der Waals surface area (Å²) >= 11 is 0. The van der Waals surface area contributed by atoms with E-state index in [2.05, 4.69) is 29.0 Å². The molecule has 3 rings (SSSR count). The number of hydrogen-bond acceptors (Lipinski definition) is 1. The lowest BCUT2D eigenvalue weighted by Gasteiger charge is -2.36. The monoisotopic (exact) mass is 272 g/mol. The number of imidazole rings is 1. The Morgan fingerprint density at radius 3 is 2.85 bits per heavy atom. The summed E-state index contributed by atoms with van der Waals surface area (Å²) in [6.07, 6.45) is 19.8. The van der Waals surface area contributed by atoms with Crippen LogP contribution in [-0.2, 0) is 6.42 Å². The van der Waals surface area contributed by atoms with E-state index in [1.807, 2.05) is 12.5 Å². The smallest absolute Gasteiger partial charge is 0.0921 e. The summed E-state index contributed by atoms with van der Waals surface area (Å²) in [6.45, 7) is 2.24. The SMILES string of the molecule is CCC=C[C@H](Cc1cnc[nH]1)[C@H]1CCCC[C@H]1C1CC1. The maximum absolute atomic E-state index is 4.19. The second-order valence-corrected chi connectivity index (χ2v) is 6.73. The molecule has 2 heteroatoms. The molecule has 0 aromatic carbocycles. The van der Waals surface area contributed by atoms with Gasteiger partial charge in [0.2, 0.25) is 0 Å². The highest BCUT2D eigenvalue weighted by Crippen LogP contribution is 2.49. The second-order valence-electron chi connectivity index (χ2n) is 6.73. The van der Waals surface area contributed by atoms with Gasteiger partial charge in [-0.2, -0.15) is 0 Å². The Morgan fingerprint density at radius 2 is 2.15 bits per heavy atom. The molecular formula is C18H28N2.